The molecular weight excluding hydrogens is 216 g/mol. The Kier molecular flexibility index (Phi) is 5.69. The standard InChI is InChI=1S/C12H22N4O/c1-4-15(5-2)12(17)9-13-11(3)10-16-8-6-7-14-16/h6-8,11,13H,4-5,9-10H2,1-3H3. The number of amides is 1. The molecule has 0 aromatic carbocycles. The molecule has 1 amide bonds. The Morgan fingerprint density at radius 2 is 2.18 bits per heavy atom. The van der Waals surface area contributed by atoms with Crippen LogP contribution in [0, 0.1) is 0 Å². The number of nitrogens with one attached hydrogen (secondary N) is 1. The third-order valence-corrected chi connectivity index (χ3v) is 2.74. The smallest absolute Gasteiger partial charge is 0.236 e. The van der Waals surface area contributed by atoms with Crippen molar-refractivity contribution in [1.82, 2.24) is 20.0 Å². The van der Waals surface area contributed by atoms with Gasteiger partial charge in [0.25, 0.3) is 0 Å². The Balaban J connectivity index is 2.28. The Morgan fingerprint density at radius 3 is 2.71 bits per heavy atom. The van der Waals surface area contributed by atoms with Crippen LogP contribution in [0.5, 0.6) is 0 Å². The zero-order chi connectivity index (χ0) is 12.7. The molecule has 1 heterocycles. The summed E-state index contributed by atoms with van der Waals surface area (Å²) in [4.78, 5) is 13.6. The summed E-state index contributed by atoms with van der Waals surface area (Å²) in [6.45, 7) is 8.75. The van der Waals surface area contributed by atoms with Crippen LogP contribution in [0.15, 0.2) is 18.5 Å². The molecule has 1 aromatic heterocycles. The predicted octanol–water partition coefficient (Wildman–Crippen LogP) is 0.730. The maximum Gasteiger partial charge on any atom is 0.236 e. The van der Waals surface area contributed by atoms with Gasteiger partial charge in [0.2, 0.25) is 5.91 Å². The highest BCUT2D eigenvalue weighted by Gasteiger charge is 2.10. The average molecular weight is 238 g/mol. The van der Waals surface area contributed by atoms with Crippen LogP contribution in [0.3, 0.4) is 0 Å². The molecule has 0 aliphatic heterocycles. The molecule has 0 aliphatic rings. The molecular formula is C12H22N4O. The fraction of sp³-hybridized carbons (Fsp3) is 0.667. The van der Waals surface area contributed by atoms with Crippen molar-refractivity contribution < 1.29 is 4.79 Å². The van der Waals surface area contributed by atoms with Crippen molar-refractivity contribution >= 4 is 5.91 Å². The summed E-state index contributed by atoms with van der Waals surface area (Å²) in [6, 6.07) is 2.13. The van der Waals surface area contributed by atoms with E-state index in [1.807, 2.05) is 35.7 Å². The van der Waals surface area contributed by atoms with Crippen molar-refractivity contribution in [3.8, 4) is 0 Å². The van der Waals surface area contributed by atoms with Crippen LogP contribution in [0.2, 0.25) is 0 Å². The number of nitrogens with zero attached hydrogens (tertiary/aromatic N) is 3. The molecule has 5 nitrogen and oxygen atoms in total. The lowest BCUT2D eigenvalue weighted by Gasteiger charge is -2.20. The van der Waals surface area contributed by atoms with Crippen molar-refractivity contribution in [2.75, 3.05) is 19.6 Å². The minimum Gasteiger partial charge on any atom is -0.342 e. The quantitative estimate of drug-likeness (QED) is 0.762. The Bertz CT molecular complexity index is 319. The molecule has 1 aromatic rings. The minimum atomic E-state index is 0.155. The van der Waals surface area contributed by atoms with E-state index >= 15 is 0 Å². The van der Waals surface area contributed by atoms with Crippen LogP contribution < -0.4 is 5.32 Å². The summed E-state index contributed by atoms with van der Waals surface area (Å²) >= 11 is 0. The number of carbonyl (C=O) groups is 1. The molecule has 96 valence electrons. The molecule has 0 aliphatic carbocycles. The highest BCUT2D eigenvalue weighted by atomic mass is 16.2. The molecule has 1 rings (SSSR count). The van der Waals surface area contributed by atoms with Crippen LogP contribution in [0.1, 0.15) is 20.8 Å². The van der Waals surface area contributed by atoms with E-state index in [1.54, 1.807) is 6.20 Å². The van der Waals surface area contributed by atoms with Gasteiger partial charge in [-0.05, 0) is 26.8 Å². The van der Waals surface area contributed by atoms with Gasteiger partial charge in [-0.1, -0.05) is 0 Å². The van der Waals surface area contributed by atoms with Gasteiger partial charge in [-0.2, -0.15) is 5.10 Å². The summed E-state index contributed by atoms with van der Waals surface area (Å²) in [6.07, 6.45) is 3.68. The van der Waals surface area contributed by atoms with Crippen molar-refractivity contribution in [1.29, 1.82) is 0 Å². The lowest BCUT2D eigenvalue weighted by molar-refractivity contribution is -0.130. The van der Waals surface area contributed by atoms with Gasteiger partial charge in [-0.3, -0.25) is 9.48 Å². The number of carbonyl (C=O) groups excluding carboxylic acids is 1. The normalized spacial score (nSPS) is 12.4. The number of hydrogen-bond donors (Lipinski definition) is 1. The maximum atomic E-state index is 11.8. The Labute approximate surface area is 103 Å². The summed E-state index contributed by atoms with van der Waals surface area (Å²) < 4.78 is 1.86. The van der Waals surface area contributed by atoms with Gasteiger partial charge in [0.05, 0.1) is 13.1 Å². The van der Waals surface area contributed by atoms with E-state index in [1.165, 1.54) is 0 Å². The van der Waals surface area contributed by atoms with Crippen LogP contribution >= 0.6 is 0 Å². The highest BCUT2D eigenvalue weighted by Crippen LogP contribution is 1.92. The number of rotatable bonds is 7. The largest absolute Gasteiger partial charge is 0.342 e. The number of hydrogen-bond acceptors (Lipinski definition) is 3. The second kappa shape index (κ2) is 7.06. The topological polar surface area (TPSA) is 50.2 Å². The summed E-state index contributed by atoms with van der Waals surface area (Å²) in [5.41, 5.74) is 0. The van der Waals surface area contributed by atoms with Gasteiger partial charge in [-0.15, -0.1) is 0 Å². The molecule has 0 saturated carbocycles. The van der Waals surface area contributed by atoms with Crippen LogP contribution in [0.4, 0.5) is 0 Å². The Hall–Kier alpha value is -1.36. The van der Waals surface area contributed by atoms with E-state index in [-0.39, 0.29) is 11.9 Å². The summed E-state index contributed by atoms with van der Waals surface area (Å²) in [7, 11) is 0. The highest BCUT2D eigenvalue weighted by molar-refractivity contribution is 5.78. The zero-order valence-corrected chi connectivity index (χ0v) is 10.9. The summed E-state index contributed by atoms with van der Waals surface area (Å²) in [5.74, 6) is 0.155. The molecule has 1 atom stereocenters. The van der Waals surface area contributed by atoms with E-state index < -0.39 is 0 Å². The predicted molar refractivity (Wildman–Crippen MR) is 67.6 cm³/mol. The first-order valence-electron chi connectivity index (χ1n) is 6.16. The first-order valence-corrected chi connectivity index (χ1v) is 6.16. The molecule has 0 radical (unpaired) electrons. The van der Waals surface area contributed by atoms with Crippen LogP contribution in [-0.4, -0.2) is 46.3 Å². The number of likely N-dealkylation sites (N-methyl/N-ethyl adjacent to an activating group) is 1. The first kappa shape index (κ1) is 13.7. The molecule has 1 unspecified atom stereocenters. The third kappa shape index (κ3) is 4.56. The lowest BCUT2D eigenvalue weighted by atomic mass is 10.3. The van der Waals surface area contributed by atoms with Crippen LogP contribution in [-0.2, 0) is 11.3 Å². The van der Waals surface area contributed by atoms with E-state index in [4.69, 9.17) is 0 Å². The van der Waals surface area contributed by atoms with E-state index in [9.17, 15) is 4.79 Å². The third-order valence-electron chi connectivity index (χ3n) is 2.74. The van der Waals surface area contributed by atoms with Crippen molar-refractivity contribution in [2.45, 2.75) is 33.4 Å². The molecule has 0 fully saturated rings. The molecule has 0 bridgehead atoms. The number of aromatic nitrogens is 2. The lowest BCUT2D eigenvalue weighted by Crippen LogP contribution is -2.42. The monoisotopic (exact) mass is 238 g/mol. The van der Waals surface area contributed by atoms with Gasteiger partial charge >= 0.3 is 0 Å². The molecule has 0 spiro atoms. The van der Waals surface area contributed by atoms with E-state index in [2.05, 4.69) is 17.3 Å². The molecule has 5 heteroatoms. The van der Waals surface area contributed by atoms with E-state index in [0.29, 0.717) is 6.54 Å². The second-order valence-corrected chi connectivity index (χ2v) is 4.08. The van der Waals surface area contributed by atoms with Gasteiger partial charge in [0.15, 0.2) is 0 Å². The first-order chi connectivity index (χ1) is 8.17. The van der Waals surface area contributed by atoms with E-state index in [0.717, 1.165) is 19.6 Å². The van der Waals surface area contributed by atoms with Crippen molar-refractivity contribution in [3.05, 3.63) is 18.5 Å². The fourth-order valence-electron chi connectivity index (χ4n) is 1.70. The van der Waals surface area contributed by atoms with Gasteiger partial charge in [0, 0.05) is 31.5 Å². The van der Waals surface area contributed by atoms with Crippen molar-refractivity contribution in [2.24, 2.45) is 0 Å². The maximum absolute atomic E-state index is 11.8. The van der Waals surface area contributed by atoms with Crippen molar-refractivity contribution in [3.63, 3.8) is 0 Å². The van der Waals surface area contributed by atoms with Gasteiger partial charge in [0.1, 0.15) is 0 Å². The zero-order valence-electron chi connectivity index (χ0n) is 10.9. The van der Waals surface area contributed by atoms with Crippen LogP contribution in [0.25, 0.3) is 0 Å². The second-order valence-electron chi connectivity index (χ2n) is 4.08. The average Bonchev–Trinajstić information content (AvgIpc) is 2.81. The summed E-state index contributed by atoms with van der Waals surface area (Å²) in [5, 5.41) is 7.35. The minimum absolute atomic E-state index is 0.155. The Morgan fingerprint density at radius 1 is 1.47 bits per heavy atom. The molecule has 17 heavy (non-hydrogen) atoms. The molecule has 0 saturated heterocycles. The van der Waals surface area contributed by atoms with Gasteiger partial charge in [-0.25, -0.2) is 0 Å². The van der Waals surface area contributed by atoms with Gasteiger partial charge < -0.3 is 10.2 Å². The molecule has 1 N–H and O–H groups in total. The fourth-order valence-corrected chi connectivity index (χ4v) is 1.70. The SMILES string of the molecule is CCN(CC)C(=O)CNC(C)Cn1cccn1.